The first-order valence-electron chi connectivity index (χ1n) is 10.0. The number of aromatic nitrogens is 2. The van der Waals surface area contributed by atoms with Crippen LogP contribution < -0.4 is 10.2 Å². The monoisotopic (exact) mass is 445 g/mol. The maximum atomic E-state index is 13.6. The molecule has 1 amide bonds. The lowest BCUT2D eigenvalue weighted by Crippen LogP contribution is -2.41. The number of ether oxygens (including phenoxy) is 1. The minimum absolute atomic E-state index is 0.0149. The van der Waals surface area contributed by atoms with Gasteiger partial charge in [-0.1, -0.05) is 19.4 Å². The van der Waals surface area contributed by atoms with Gasteiger partial charge in [0.05, 0.1) is 12.2 Å². The fourth-order valence-electron chi connectivity index (χ4n) is 3.49. The number of thiazole rings is 1. The molecule has 0 N–H and O–H groups in total. The van der Waals surface area contributed by atoms with Crippen LogP contribution in [0.3, 0.4) is 0 Å². The highest BCUT2D eigenvalue weighted by molar-refractivity contribution is 7.13. The zero-order chi connectivity index (χ0) is 22.0. The second-order valence-corrected chi connectivity index (χ2v) is 8.15. The van der Waals surface area contributed by atoms with E-state index in [4.69, 9.17) is 4.74 Å². The smallest absolute Gasteiger partial charge is 0.274 e. The molecular formula is C22H21F2N3O3S. The molecule has 0 spiro atoms. The number of benzene rings is 1. The fraction of sp³-hybridized carbons (Fsp3) is 0.318. The number of carbonyl (C=O) groups excluding carboxylic acids is 1. The van der Waals surface area contributed by atoms with E-state index in [1.165, 1.54) is 22.3 Å². The number of nitrogens with zero attached hydrogens (tertiary/aromatic N) is 3. The van der Waals surface area contributed by atoms with Crippen LogP contribution in [0.1, 0.15) is 35.8 Å². The Hall–Kier alpha value is -3.07. The lowest BCUT2D eigenvalue weighted by atomic mass is 10.1. The molecule has 1 aliphatic rings. The van der Waals surface area contributed by atoms with Gasteiger partial charge in [0, 0.05) is 37.4 Å². The number of halogens is 2. The molecule has 31 heavy (non-hydrogen) atoms. The lowest BCUT2D eigenvalue weighted by Gasteiger charge is -2.31. The topological polar surface area (TPSA) is 64.4 Å². The van der Waals surface area contributed by atoms with Crippen molar-refractivity contribution < 1.29 is 18.3 Å². The van der Waals surface area contributed by atoms with E-state index in [0.29, 0.717) is 35.8 Å². The van der Waals surface area contributed by atoms with Crippen LogP contribution in [0.2, 0.25) is 0 Å². The Kier molecular flexibility index (Phi) is 6.13. The molecule has 0 aliphatic carbocycles. The first kappa shape index (κ1) is 21.2. The average Bonchev–Trinajstić information content (AvgIpc) is 3.29. The van der Waals surface area contributed by atoms with Crippen molar-refractivity contribution in [1.29, 1.82) is 0 Å². The Morgan fingerprint density at radius 1 is 1.19 bits per heavy atom. The first-order chi connectivity index (χ1) is 15.0. The highest BCUT2D eigenvalue weighted by Crippen LogP contribution is 2.27. The standard InChI is InChI=1S/C22H21F2N3O3S/c1-2-3-9-30-20-18-22(29)27(12-14-4-5-16(23)17(24)11-14)8-7-26(18)13-15(19(20)28)21-25-6-10-31-21/h4-6,10-11,13H,2-3,7-9,12H2,1H3. The third kappa shape index (κ3) is 4.23. The third-order valence-electron chi connectivity index (χ3n) is 5.10. The van der Waals surface area contributed by atoms with E-state index in [2.05, 4.69) is 4.98 Å². The van der Waals surface area contributed by atoms with Gasteiger partial charge in [-0.25, -0.2) is 13.8 Å². The van der Waals surface area contributed by atoms with Gasteiger partial charge in [-0.2, -0.15) is 0 Å². The zero-order valence-electron chi connectivity index (χ0n) is 16.9. The maximum absolute atomic E-state index is 13.6. The molecule has 0 bridgehead atoms. The lowest BCUT2D eigenvalue weighted by molar-refractivity contribution is 0.0681. The summed E-state index contributed by atoms with van der Waals surface area (Å²) in [4.78, 5) is 32.2. The van der Waals surface area contributed by atoms with E-state index in [1.807, 2.05) is 6.92 Å². The number of hydrogen-bond acceptors (Lipinski definition) is 5. The molecular weight excluding hydrogens is 424 g/mol. The molecule has 1 aromatic carbocycles. The molecule has 6 nitrogen and oxygen atoms in total. The SMILES string of the molecule is CCCCOc1c2n(cc(-c3nccs3)c1=O)CCN(Cc1ccc(F)c(F)c1)C2=O. The molecule has 9 heteroatoms. The van der Waals surface area contributed by atoms with Crippen molar-refractivity contribution in [3.8, 4) is 16.3 Å². The fourth-order valence-corrected chi connectivity index (χ4v) is 4.13. The second kappa shape index (κ2) is 8.97. The highest BCUT2D eigenvalue weighted by Gasteiger charge is 2.31. The summed E-state index contributed by atoms with van der Waals surface area (Å²) in [5.74, 6) is -2.27. The number of rotatable bonds is 7. The second-order valence-electron chi connectivity index (χ2n) is 7.26. The zero-order valence-corrected chi connectivity index (χ0v) is 17.8. The number of fused-ring (bicyclic) bond motifs is 1. The summed E-state index contributed by atoms with van der Waals surface area (Å²) in [6.07, 6.45) is 4.89. The van der Waals surface area contributed by atoms with Crippen molar-refractivity contribution in [2.75, 3.05) is 13.2 Å². The van der Waals surface area contributed by atoms with Crippen LogP contribution in [0.4, 0.5) is 8.78 Å². The Morgan fingerprint density at radius 3 is 2.74 bits per heavy atom. The van der Waals surface area contributed by atoms with Gasteiger partial charge in [0.1, 0.15) is 5.01 Å². The van der Waals surface area contributed by atoms with E-state index < -0.39 is 11.6 Å². The van der Waals surface area contributed by atoms with Gasteiger partial charge in [-0.15, -0.1) is 11.3 Å². The molecule has 0 radical (unpaired) electrons. The minimum atomic E-state index is -0.963. The van der Waals surface area contributed by atoms with E-state index in [-0.39, 0.29) is 29.3 Å². The number of carbonyl (C=O) groups is 1. The van der Waals surface area contributed by atoms with Crippen molar-refractivity contribution in [3.63, 3.8) is 0 Å². The van der Waals surface area contributed by atoms with Crippen LogP contribution in [0, 0.1) is 11.6 Å². The van der Waals surface area contributed by atoms with Crippen molar-refractivity contribution in [1.82, 2.24) is 14.5 Å². The van der Waals surface area contributed by atoms with Crippen LogP contribution in [0.25, 0.3) is 10.6 Å². The number of amides is 1. The third-order valence-corrected chi connectivity index (χ3v) is 5.91. The largest absolute Gasteiger partial charge is 0.487 e. The molecule has 162 valence electrons. The molecule has 0 unspecified atom stereocenters. The van der Waals surface area contributed by atoms with Crippen LogP contribution in [-0.2, 0) is 13.1 Å². The van der Waals surface area contributed by atoms with Crippen LogP contribution in [0.15, 0.2) is 40.8 Å². The Balaban J connectivity index is 1.72. The molecule has 0 saturated heterocycles. The number of pyridine rings is 1. The predicted molar refractivity (Wildman–Crippen MR) is 113 cm³/mol. The average molecular weight is 445 g/mol. The van der Waals surface area contributed by atoms with E-state index >= 15 is 0 Å². The molecule has 3 heterocycles. The van der Waals surface area contributed by atoms with Crippen LogP contribution >= 0.6 is 11.3 Å². The molecule has 0 saturated carbocycles. The summed E-state index contributed by atoms with van der Waals surface area (Å²) in [5.41, 5.74) is 0.665. The Morgan fingerprint density at radius 2 is 2.03 bits per heavy atom. The summed E-state index contributed by atoms with van der Waals surface area (Å²) in [6.45, 7) is 3.22. The molecule has 2 aromatic heterocycles. The van der Waals surface area contributed by atoms with Gasteiger partial charge in [0.25, 0.3) is 5.91 Å². The van der Waals surface area contributed by atoms with Gasteiger partial charge in [0.2, 0.25) is 5.43 Å². The van der Waals surface area contributed by atoms with Crippen molar-refractivity contribution in [2.45, 2.75) is 32.9 Å². The Bertz CT molecular complexity index is 1160. The van der Waals surface area contributed by atoms with E-state index in [0.717, 1.165) is 25.0 Å². The van der Waals surface area contributed by atoms with Crippen molar-refractivity contribution in [3.05, 3.63) is 69.1 Å². The normalized spacial score (nSPS) is 13.4. The van der Waals surface area contributed by atoms with Gasteiger partial charge in [0.15, 0.2) is 23.1 Å². The van der Waals surface area contributed by atoms with E-state index in [9.17, 15) is 18.4 Å². The molecule has 4 rings (SSSR count). The quantitative estimate of drug-likeness (QED) is 0.514. The molecule has 0 fully saturated rings. The van der Waals surface area contributed by atoms with E-state index in [1.54, 1.807) is 22.3 Å². The number of unbranched alkanes of at least 4 members (excludes halogenated alkanes) is 1. The highest BCUT2D eigenvalue weighted by atomic mass is 32.1. The Labute approximate surface area is 181 Å². The summed E-state index contributed by atoms with van der Waals surface area (Å²) in [5, 5.41) is 2.35. The summed E-state index contributed by atoms with van der Waals surface area (Å²) in [6, 6.07) is 3.56. The van der Waals surface area contributed by atoms with Crippen LogP contribution in [-0.4, -0.2) is 33.5 Å². The summed E-state index contributed by atoms with van der Waals surface area (Å²) < 4.78 is 34.4. The van der Waals surface area contributed by atoms with Gasteiger partial charge in [-0.05, 0) is 24.1 Å². The minimum Gasteiger partial charge on any atom is -0.487 e. The van der Waals surface area contributed by atoms with Crippen molar-refractivity contribution in [2.24, 2.45) is 0 Å². The maximum Gasteiger partial charge on any atom is 0.274 e. The predicted octanol–water partition coefficient (Wildman–Crippen LogP) is 4.08. The van der Waals surface area contributed by atoms with Crippen molar-refractivity contribution >= 4 is 17.2 Å². The molecule has 1 aliphatic heterocycles. The summed E-state index contributed by atoms with van der Waals surface area (Å²) >= 11 is 1.34. The summed E-state index contributed by atoms with van der Waals surface area (Å²) in [7, 11) is 0. The molecule has 0 atom stereocenters. The van der Waals surface area contributed by atoms with Gasteiger partial charge >= 0.3 is 0 Å². The van der Waals surface area contributed by atoms with Crippen LogP contribution in [0.5, 0.6) is 5.75 Å². The molecule has 3 aromatic rings. The number of hydrogen-bond donors (Lipinski definition) is 0. The van der Waals surface area contributed by atoms with Gasteiger partial charge < -0.3 is 14.2 Å². The first-order valence-corrected chi connectivity index (χ1v) is 10.9. The van der Waals surface area contributed by atoms with Gasteiger partial charge in [-0.3, -0.25) is 9.59 Å².